The average molecular weight is 474 g/mol. The maximum absolute atomic E-state index is 13.1. The lowest BCUT2D eigenvalue weighted by Crippen LogP contribution is -2.42. The van der Waals surface area contributed by atoms with Gasteiger partial charge in [-0.25, -0.2) is 8.42 Å². The van der Waals surface area contributed by atoms with Gasteiger partial charge < -0.3 is 9.30 Å². The van der Waals surface area contributed by atoms with E-state index in [0.717, 1.165) is 21.5 Å². The van der Waals surface area contributed by atoms with E-state index in [-0.39, 0.29) is 17.3 Å². The molecule has 1 amide bonds. The zero-order valence-corrected chi connectivity index (χ0v) is 20.1. The molecular weight excluding hydrogens is 446 g/mol. The Hall–Kier alpha value is -2.49. The van der Waals surface area contributed by atoms with Gasteiger partial charge in [0.15, 0.2) is 4.80 Å². The number of hydrogen-bond acceptors (Lipinski definition) is 5. The number of rotatable bonds is 5. The minimum Gasteiger partial charge on any atom is -0.495 e. The molecule has 0 aliphatic carbocycles. The highest BCUT2D eigenvalue weighted by molar-refractivity contribution is 7.89. The molecule has 2 aromatic carbocycles. The van der Waals surface area contributed by atoms with Gasteiger partial charge in [0.25, 0.3) is 5.91 Å². The predicted molar refractivity (Wildman–Crippen MR) is 125 cm³/mol. The molecule has 1 aliphatic rings. The Labute approximate surface area is 192 Å². The summed E-state index contributed by atoms with van der Waals surface area (Å²) in [7, 11) is -2.00. The van der Waals surface area contributed by atoms with E-state index in [2.05, 4.69) is 4.99 Å². The van der Waals surface area contributed by atoms with Crippen molar-refractivity contribution >= 4 is 37.5 Å². The number of hydrogen-bond donors (Lipinski definition) is 0. The Morgan fingerprint density at radius 2 is 1.97 bits per heavy atom. The molecule has 0 saturated carbocycles. The minimum absolute atomic E-state index is 0.152. The second kappa shape index (κ2) is 9.17. The van der Waals surface area contributed by atoms with Gasteiger partial charge in [-0.3, -0.25) is 4.79 Å². The van der Waals surface area contributed by atoms with Crippen molar-refractivity contribution in [3.8, 4) is 5.75 Å². The number of carbonyl (C=O) groups excluding carboxylic acids is 1. The van der Waals surface area contributed by atoms with Gasteiger partial charge >= 0.3 is 0 Å². The first kappa shape index (κ1) is 22.7. The van der Waals surface area contributed by atoms with Crippen LogP contribution in [-0.4, -0.2) is 43.4 Å². The lowest BCUT2D eigenvalue weighted by molar-refractivity contribution is -0.122. The number of aryl methyl sites for hydroxylation is 2. The summed E-state index contributed by atoms with van der Waals surface area (Å²) in [5.41, 5.74) is 2.03. The van der Waals surface area contributed by atoms with Crippen molar-refractivity contribution in [3.63, 3.8) is 0 Å². The van der Waals surface area contributed by atoms with E-state index in [1.54, 1.807) is 37.4 Å². The van der Waals surface area contributed by atoms with Gasteiger partial charge in [0.05, 0.1) is 22.6 Å². The van der Waals surface area contributed by atoms with Crippen molar-refractivity contribution in [3.05, 3.63) is 52.8 Å². The lowest BCUT2D eigenvalue weighted by Gasteiger charge is -2.30. The summed E-state index contributed by atoms with van der Waals surface area (Å²) in [6, 6.07) is 12.3. The van der Waals surface area contributed by atoms with Crippen LogP contribution in [0.15, 0.2) is 52.4 Å². The summed E-state index contributed by atoms with van der Waals surface area (Å²) in [5, 5.41) is 0. The Bertz CT molecular complexity index is 1310. The number of thiazole rings is 1. The molecule has 1 unspecified atom stereocenters. The van der Waals surface area contributed by atoms with E-state index < -0.39 is 15.9 Å². The number of carbonyl (C=O) groups is 1. The number of nitrogens with zero attached hydrogens (tertiary/aromatic N) is 3. The molecule has 0 spiro atoms. The average Bonchev–Trinajstić information content (AvgIpc) is 3.19. The highest BCUT2D eigenvalue weighted by atomic mass is 32.2. The van der Waals surface area contributed by atoms with Gasteiger partial charge in [-0.2, -0.15) is 9.30 Å². The number of piperidine rings is 1. The second-order valence-corrected chi connectivity index (χ2v) is 10.8. The van der Waals surface area contributed by atoms with Crippen molar-refractivity contribution < 1.29 is 17.9 Å². The molecule has 0 bridgehead atoms. The highest BCUT2D eigenvalue weighted by Crippen LogP contribution is 2.30. The molecule has 0 N–H and O–H groups in total. The van der Waals surface area contributed by atoms with E-state index in [4.69, 9.17) is 4.74 Å². The third-order valence-electron chi connectivity index (χ3n) is 5.84. The van der Waals surface area contributed by atoms with Crippen molar-refractivity contribution in [2.75, 3.05) is 20.2 Å². The van der Waals surface area contributed by atoms with Crippen LogP contribution in [0.2, 0.25) is 0 Å². The van der Waals surface area contributed by atoms with Crippen LogP contribution in [0.1, 0.15) is 25.3 Å². The van der Waals surface area contributed by atoms with Gasteiger partial charge in [0.1, 0.15) is 11.3 Å². The first-order valence-corrected chi connectivity index (χ1v) is 12.9. The minimum atomic E-state index is -3.63. The van der Waals surface area contributed by atoms with E-state index in [0.29, 0.717) is 30.7 Å². The quantitative estimate of drug-likeness (QED) is 0.567. The fourth-order valence-corrected chi connectivity index (χ4v) is 6.84. The number of benzene rings is 2. The SMILES string of the molecule is CCn1c(=NC(=O)C2CCCN(S(=O)(=O)c3ccccc3)C2)sc2c(C)ccc(OC)c21. The maximum atomic E-state index is 13.1. The van der Waals surface area contributed by atoms with E-state index in [1.807, 2.05) is 30.5 Å². The van der Waals surface area contributed by atoms with E-state index in [1.165, 1.54) is 15.6 Å². The third kappa shape index (κ3) is 4.12. The molecule has 1 aromatic heterocycles. The summed E-state index contributed by atoms with van der Waals surface area (Å²) in [6.07, 6.45) is 1.26. The lowest BCUT2D eigenvalue weighted by atomic mass is 9.99. The van der Waals surface area contributed by atoms with Crippen LogP contribution in [0, 0.1) is 12.8 Å². The number of sulfonamides is 1. The van der Waals surface area contributed by atoms with Crippen LogP contribution in [0.25, 0.3) is 10.2 Å². The van der Waals surface area contributed by atoms with Crippen LogP contribution in [0.3, 0.4) is 0 Å². The van der Waals surface area contributed by atoms with E-state index in [9.17, 15) is 13.2 Å². The summed E-state index contributed by atoms with van der Waals surface area (Å²) in [5.74, 6) is 0.0134. The fourth-order valence-electron chi connectivity index (χ4n) is 4.11. The molecule has 170 valence electrons. The molecule has 9 heteroatoms. The van der Waals surface area contributed by atoms with Gasteiger partial charge in [-0.1, -0.05) is 35.6 Å². The second-order valence-electron chi connectivity index (χ2n) is 7.86. The number of aromatic nitrogens is 1. The summed E-state index contributed by atoms with van der Waals surface area (Å²) < 4.78 is 36.0. The molecule has 7 nitrogen and oxygen atoms in total. The first-order chi connectivity index (χ1) is 15.4. The molecule has 1 atom stereocenters. The van der Waals surface area contributed by atoms with Crippen LogP contribution in [-0.2, 0) is 21.4 Å². The zero-order valence-electron chi connectivity index (χ0n) is 18.4. The van der Waals surface area contributed by atoms with Gasteiger partial charge in [0, 0.05) is 19.6 Å². The molecule has 32 heavy (non-hydrogen) atoms. The monoisotopic (exact) mass is 473 g/mol. The Morgan fingerprint density at radius 3 is 2.66 bits per heavy atom. The third-order valence-corrected chi connectivity index (χ3v) is 8.93. The normalized spacial score (nSPS) is 18.2. The van der Waals surface area contributed by atoms with Gasteiger partial charge in [0.2, 0.25) is 10.0 Å². The number of fused-ring (bicyclic) bond motifs is 1. The maximum Gasteiger partial charge on any atom is 0.252 e. The molecule has 0 radical (unpaired) electrons. The van der Waals surface area contributed by atoms with Crippen molar-refractivity contribution in [2.24, 2.45) is 10.9 Å². The Kier molecular flexibility index (Phi) is 6.50. The molecular formula is C23H27N3O4S2. The Morgan fingerprint density at radius 1 is 1.22 bits per heavy atom. The molecule has 1 saturated heterocycles. The van der Waals surface area contributed by atoms with Crippen molar-refractivity contribution in [1.29, 1.82) is 0 Å². The fraction of sp³-hybridized carbons (Fsp3) is 0.391. The van der Waals surface area contributed by atoms with Crippen LogP contribution in [0.5, 0.6) is 5.75 Å². The van der Waals surface area contributed by atoms with Crippen LogP contribution >= 0.6 is 11.3 Å². The topological polar surface area (TPSA) is 81.0 Å². The number of ether oxygens (including phenoxy) is 1. The zero-order chi connectivity index (χ0) is 22.9. The molecule has 3 aromatic rings. The van der Waals surface area contributed by atoms with Crippen molar-refractivity contribution in [1.82, 2.24) is 8.87 Å². The highest BCUT2D eigenvalue weighted by Gasteiger charge is 2.33. The summed E-state index contributed by atoms with van der Waals surface area (Å²) in [4.78, 5) is 18.5. The molecule has 2 heterocycles. The van der Waals surface area contributed by atoms with Gasteiger partial charge in [-0.15, -0.1) is 0 Å². The number of amides is 1. The molecule has 1 fully saturated rings. The summed E-state index contributed by atoms with van der Waals surface area (Å²) >= 11 is 1.46. The predicted octanol–water partition coefficient (Wildman–Crippen LogP) is 3.57. The largest absolute Gasteiger partial charge is 0.495 e. The number of methoxy groups -OCH3 is 1. The first-order valence-electron chi connectivity index (χ1n) is 10.7. The van der Waals surface area contributed by atoms with Crippen molar-refractivity contribution in [2.45, 2.75) is 38.1 Å². The molecule has 1 aliphatic heterocycles. The Balaban J connectivity index is 1.67. The van der Waals surface area contributed by atoms with Crippen LogP contribution in [0.4, 0.5) is 0 Å². The molecule has 4 rings (SSSR count). The summed E-state index contributed by atoms with van der Waals surface area (Å²) in [6.45, 7) is 5.24. The van der Waals surface area contributed by atoms with Crippen LogP contribution < -0.4 is 9.54 Å². The van der Waals surface area contributed by atoms with Gasteiger partial charge in [-0.05, 0) is 50.5 Å². The van der Waals surface area contributed by atoms with E-state index >= 15 is 0 Å². The smallest absolute Gasteiger partial charge is 0.252 e. The standard InChI is InChI=1S/C23H27N3O4S2/c1-4-26-20-19(30-3)13-12-16(2)21(20)31-23(26)24-22(27)17-9-8-14-25(15-17)32(28,29)18-10-6-5-7-11-18/h5-7,10-13,17H,4,8-9,14-15H2,1-3H3.